The van der Waals surface area contributed by atoms with Gasteiger partial charge in [0.25, 0.3) is 0 Å². The molecule has 90 valence electrons. The molecule has 0 aromatic rings. The lowest BCUT2D eigenvalue weighted by atomic mass is 10.2. The van der Waals surface area contributed by atoms with E-state index < -0.39 is 11.7 Å². The van der Waals surface area contributed by atoms with E-state index in [-0.39, 0.29) is 12.0 Å². The third-order valence-corrected chi connectivity index (χ3v) is 1.82. The summed E-state index contributed by atoms with van der Waals surface area (Å²) in [7, 11) is 0. The van der Waals surface area contributed by atoms with Gasteiger partial charge in [0.15, 0.2) is 6.10 Å². The summed E-state index contributed by atoms with van der Waals surface area (Å²) in [5.41, 5.74) is 5.20. The van der Waals surface area contributed by atoms with Crippen molar-refractivity contribution in [3.63, 3.8) is 0 Å². The summed E-state index contributed by atoms with van der Waals surface area (Å²) in [5, 5.41) is 0. The van der Waals surface area contributed by atoms with E-state index in [9.17, 15) is 4.79 Å². The summed E-state index contributed by atoms with van der Waals surface area (Å²) in [4.78, 5) is 11.5. The largest absolute Gasteiger partial charge is 0.458 e. The first-order valence-electron chi connectivity index (χ1n) is 5.36. The molecule has 2 atom stereocenters. The second kappa shape index (κ2) is 6.08. The van der Waals surface area contributed by atoms with Crippen LogP contribution in [0.5, 0.6) is 0 Å². The first-order valence-corrected chi connectivity index (χ1v) is 5.36. The van der Waals surface area contributed by atoms with Crippen LogP contribution in [0.15, 0.2) is 0 Å². The predicted octanol–water partition coefficient (Wildman–Crippen LogP) is 1.47. The Labute approximate surface area is 92.1 Å². The molecule has 0 bridgehead atoms. The third kappa shape index (κ3) is 7.33. The van der Waals surface area contributed by atoms with Gasteiger partial charge in [-0.2, -0.15) is 0 Å². The van der Waals surface area contributed by atoms with Crippen molar-refractivity contribution in [3.05, 3.63) is 0 Å². The molecule has 0 radical (unpaired) electrons. The summed E-state index contributed by atoms with van der Waals surface area (Å²) < 4.78 is 10.5. The van der Waals surface area contributed by atoms with E-state index in [1.54, 1.807) is 6.92 Å². The lowest BCUT2D eigenvalue weighted by Crippen LogP contribution is -2.35. The molecule has 0 amide bonds. The maximum Gasteiger partial charge on any atom is 0.335 e. The molecular weight excluding hydrogens is 194 g/mol. The summed E-state index contributed by atoms with van der Waals surface area (Å²) in [6, 6.07) is -0.0186. The van der Waals surface area contributed by atoms with Gasteiger partial charge < -0.3 is 15.2 Å². The van der Waals surface area contributed by atoms with Gasteiger partial charge in [0.1, 0.15) is 5.60 Å². The van der Waals surface area contributed by atoms with E-state index in [2.05, 4.69) is 0 Å². The number of ether oxygens (including phenoxy) is 2. The number of esters is 1. The molecule has 0 aromatic heterocycles. The normalized spacial score (nSPS) is 15.9. The monoisotopic (exact) mass is 217 g/mol. The Morgan fingerprint density at radius 2 is 1.93 bits per heavy atom. The lowest BCUT2D eigenvalue weighted by Gasteiger charge is -2.22. The van der Waals surface area contributed by atoms with E-state index in [1.165, 1.54) is 0 Å². The molecule has 0 aromatic carbocycles. The highest BCUT2D eigenvalue weighted by Crippen LogP contribution is 2.09. The average Bonchev–Trinajstić information content (AvgIpc) is 2.10. The van der Waals surface area contributed by atoms with Crippen LogP contribution in [-0.2, 0) is 14.3 Å². The SMILES string of the molecule is CCC(N)COC(C)C(=O)OC(C)(C)C. The highest BCUT2D eigenvalue weighted by atomic mass is 16.6. The Morgan fingerprint density at radius 3 is 2.33 bits per heavy atom. The minimum absolute atomic E-state index is 0.0186. The van der Waals surface area contributed by atoms with E-state index in [1.807, 2.05) is 27.7 Å². The molecule has 0 saturated heterocycles. The smallest absolute Gasteiger partial charge is 0.335 e. The van der Waals surface area contributed by atoms with Crippen LogP contribution in [0.1, 0.15) is 41.0 Å². The first-order chi connectivity index (χ1) is 6.76. The number of rotatable bonds is 5. The van der Waals surface area contributed by atoms with Crippen molar-refractivity contribution in [2.24, 2.45) is 5.73 Å². The van der Waals surface area contributed by atoms with Crippen molar-refractivity contribution in [3.8, 4) is 0 Å². The van der Waals surface area contributed by atoms with Crippen LogP contribution >= 0.6 is 0 Å². The summed E-state index contributed by atoms with van der Waals surface area (Å²) in [6.45, 7) is 9.53. The molecule has 4 heteroatoms. The van der Waals surface area contributed by atoms with Crippen LogP contribution < -0.4 is 5.73 Å². The number of nitrogens with two attached hydrogens (primary N) is 1. The quantitative estimate of drug-likeness (QED) is 0.708. The fourth-order valence-electron chi connectivity index (χ4n) is 0.839. The zero-order valence-electron chi connectivity index (χ0n) is 10.4. The van der Waals surface area contributed by atoms with Crippen LogP contribution in [0.2, 0.25) is 0 Å². The van der Waals surface area contributed by atoms with Gasteiger partial charge in [-0.15, -0.1) is 0 Å². The first kappa shape index (κ1) is 14.4. The van der Waals surface area contributed by atoms with E-state index in [4.69, 9.17) is 15.2 Å². The molecule has 0 fully saturated rings. The molecular formula is C11H23NO3. The van der Waals surface area contributed by atoms with Crippen LogP contribution in [0.4, 0.5) is 0 Å². The fraction of sp³-hybridized carbons (Fsp3) is 0.909. The Balaban J connectivity index is 3.90. The van der Waals surface area contributed by atoms with E-state index >= 15 is 0 Å². The summed E-state index contributed by atoms with van der Waals surface area (Å²) in [6.07, 6.45) is 0.280. The number of hydrogen-bond donors (Lipinski definition) is 1. The van der Waals surface area contributed by atoms with E-state index in [0.717, 1.165) is 6.42 Å². The lowest BCUT2D eigenvalue weighted by molar-refractivity contribution is -0.167. The average molecular weight is 217 g/mol. The summed E-state index contributed by atoms with van der Waals surface area (Å²) >= 11 is 0. The fourth-order valence-corrected chi connectivity index (χ4v) is 0.839. The van der Waals surface area contributed by atoms with Gasteiger partial charge in [0.2, 0.25) is 0 Å². The van der Waals surface area contributed by atoms with Crippen LogP contribution in [0, 0.1) is 0 Å². The minimum atomic E-state index is -0.554. The number of carbonyl (C=O) groups is 1. The highest BCUT2D eigenvalue weighted by Gasteiger charge is 2.22. The van der Waals surface area contributed by atoms with Crippen molar-refractivity contribution in [2.45, 2.75) is 58.8 Å². The molecule has 2 unspecified atom stereocenters. The topological polar surface area (TPSA) is 61.5 Å². The molecule has 0 heterocycles. The van der Waals surface area contributed by atoms with Crippen LogP contribution in [0.25, 0.3) is 0 Å². The van der Waals surface area contributed by atoms with Gasteiger partial charge >= 0.3 is 5.97 Å². The Bertz CT molecular complexity index is 198. The maximum atomic E-state index is 11.5. The van der Waals surface area contributed by atoms with Crippen molar-refractivity contribution < 1.29 is 14.3 Å². The van der Waals surface area contributed by atoms with Crippen molar-refractivity contribution in [2.75, 3.05) is 6.61 Å². The Morgan fingerprint density at radius 1 is 1.40 bits per heavy atom. The molecule has 0 rings (SSSR count). The van der Waals surface area contributed by atoms with Gasteiger partial charge in [0, 0.05) is 6.04 Å². The third-order valence-electron chi connectivity index (χ3n) is 1.82. The minimum Gasteiger partial charge on any atom is -0.458 e. The van der Waals surface area contributed by atoms with E-state index in [0.29, 0.717) is 6.61 Å². The van der Waals surface area contributed by atoms with Gasteiger partial charge in [-0.05, 0) is 34.1 Å². The van der Waals surface area contributed by atoms with Gasteiger partial charge in [-0.1, -0.05) is 6.92 Å². The maximum absolute atomic E-state index is 11.5. The second-order valence-corrected chi connectivity index (χ2v) is 4.68. The molecule has 0 spiro atoms. The molecule has 0 saturated carbocycles. The molecule has 0 aliphatic carbocycles. The zero-order chi connectivity index (χ0) is 12.1. The van der Waals surface area contributed by atoms with Crippen molar-refractivity contribution in [1.82, 2.24) is 0 Å². The second-order valence-electron chi connectivity index (χ2n) is 4.68. The molecule has 0 aliphatic rings. The van der Waals surface area contributed by atoms with Gasteiger partial charge in [-0.25, -0.2) is 4.79 Å². The standard InChI is InChI=1S/C11H23NO3/c1-6-9(12)7-14-8(2)10(13)15-11(3,4)5/h8-9H,6-7,12H2,1-5H3. The summed E-state index contributed by atoms with van der Waals surface area (Å²) in [5.74, 6) is -0.342. The molecule has 4 nitrogen and oxygen atoms in total. The highest BCUT2D eigenvalue weighted by molar-refractivity contribution is 5.74. The Hall–Kier alpha value is -0.610. The molecule has 2 N–H and O–H groups in total. The molecule has 15 heavy (non-hydrogen) atoms. The van der Waals surface area contributed by atoms with Crippen LogP contribution in [0.3, 0.4) is 0 Å². The number of carbonyl (C=O) groups excluding carboxylic acids is 1. The number of hydrogen-bond acceptors (Lipinski definition) is 4. The van der Waals surface area contributed by atoms with Gasteiger partial charge in [0.05, 0.1) is 6.61 Å². The van der Waals surface area contributed by atoms with Crippen molar-refractivity contribution >= 4 is 5.97 Å². The van der Waals surface area contributed by atoms with Crippen LogP contribution in [-0.4, -0.2) is 30.3 Å². The Kier molecular flexibility index (Phi) is 5.83. The zero-order valence-corrected chi connectivity index (χ0v) is 10.4. The predicted molar refractivity (Wildman–Crippen MR) is 59.5 cm³/mol. The molecule has 0 aliphatic heterocycles. The van der Waals surface area contributed by atoms with Crippen molar-refractivity contribution in [1.29, 1.82) is 0 Å². The van der Waals surface area contributed by atoms with Gasteiger partial charge in [-0.3, -0.25) is 0 Å².